The smallest absolute Gasteiger partial charge is 0.257 e. The molecule has 0 unspecified atom stereocenters. The molecule has 0 spiro atoms. The molecule has 0 N–H and O–H groups in total. The number of aromatic nitrogens is 1. The number of fused-ring (bicyclic) bond motifs is 1. The monoisotopic (exact) mass is 404 g/mol. The van der Waals surface area contributed by atoms with Crippen molar-refractivity contribution in [3.05, 3.63) is 53.1 Å². The summed E-state index contributed by atoms with van der Waals surface area (Å²) in [5, 5.41) is 0.335. The maximum atomic E-state index is 12.4. The zero-order chi connectivity index (χ0) is 19.8. The molecule has 142 valence electrons. The zero-order valence-corrected chi connectivity index (χ0v) is 17.1. The van der Waals surface area contributed by atoms with E-state index in [9.17, 15) is 13.2 Å². The van der Waals surface area contributed by atoms with Crippen molar-refractivity contribution in [1.82, 2.24) is 9.29 Å². The van der Waals surface area contributed by atoms with Gasteiger partial charge in [-0.25, -0.2) is 17.7 Å². The van der Waals surface area contributed by atoms with Crippen molar-refractivity contribution in [1.29, 1.82) is 0 Å². The van der Waals surface area contributed by atoms with Gasteiger partial charge < -0.3 is 4.42 Å². The number of aryl methyl sites for hydroxylation is 2. The van der Waals surface area contributed by atoms with Crippen LogP contribution in [0, 0.1) is 13.8 Å². The highest BCUT2D eigenvalue weighted by Gasteiger charge is 2.19. The minimum Gasteiger partial charge on any atom is -0.431 e. The van der Waals surface area contributed by atoms with E-state index in [-0.39, 0.29) is 16.4 Å². The van der Waals surface area contributed by atoms with Crippen LogP contribution in [0.2, 0.25) is 0 Å². The first kappa shape index (κ1) is 19.6. The van der Waals surface area contributed by atoms with Gasteiger partial charge in [0.1, 0.15) is 5.52 Å². The van der Waals surface area contributed by atoms with E-state index >= 15 is 0 Å². The van der Waals surface area contributed by atoms with Crippen LogP contribution in [0.3, 0.4) is 0 Å². The maximum Gasteiger partial charge on any atom is 0.257 e. The SMILES string of the molecule is Cc1ccc(C(=O)CSc2nc3cc(S(=O)(=O)N(C)C)ccc3o2)cc1C. The van der Waals surface area contributed by atoms with Crippen LogP contribution in [0.1, 0.15) is 21.5 Å². The highest BCUT2D eigenvalue weighted by Crippen LogP contribution is 2.27. The second-order valence-corrected chi connectivity index (χ2v) is 9.49. The second kappa shape index (κ2) is 7.46. The predicted octanol–water partition coefficient (Wildman–Crippen LogP) is 3.67. The van der Waals surface area contributed by atoms with Crippen LogP contribution in [0.4, 0.5) is 0 Å². The van der Waals surface area contributed by atoms with Crippen molar-refractivity contribution in [2.24, 2.45) is 0 Å². The number of Topliss-reactive ketones (excluding diaryl/α,β-unsaturated/α-hetero) is 1. The largest absolute Gasteiger partial charge is 0.431 e. The molecule has 0 amide bonds. The molecule has 2 aromatic carbocycles. The van der Waals surface area contributed by atoms with Gasteiger partial charge in [0.05, 0.1) is 10.6 Å². The number of carbonyl (C=O) groups is 1. The molecule has 6 nitrogen and oxygen atoms in total. The Labute approximate surface area is 162 Å². The minimum atomic E-state index is -3.54. The summed E-state index contributed by atoms with van der Waals surface area (Å²) in [6.45, 7) is 3.97. The number of hydrogen-bond acceptors (Lipinski definition) is 6. The number of rotatable bonds is 6. The Bertz CT molecular complexity index is 1120. The Kier molecular flexibility index (Phi) is 5.41. The third-order valence-corrected chi connectivity index (χ3v) is 6.91. The van der Waals surface area contributed by atoms with Gasteiger partial charge >= 0.3 is 0 Å². The summed E-state index contributed by atoms with van der Waals surface area (Å²) in [7, 11) is -0.589. The van der Waals surface area contributed by atoms with Crippen LogP contribution in [0.25, 0.3) is 11.1 Å². The van der Waals surface area contributed by atoms with E-state index in [1.54, 1.807) is 6.07 Å². The van der Waals surface area contributed by atoms with Gasteiger partial charge in [-0.15, -0.1) is 0 Å². The third kappa shape index (κ3) is 4.07. The van der Waals surface area contributed by atoms with Gasteiger partial charge in [-0.3, -0.25) is 4.79 Å². The van der Waals surface area contributed by atoms with Crippen LogP contribution in [-0.2, 0) is 10.0 Å². The van der Waals surface area contributed by atoms with Crippen molar-refractivity contribution in [3.63, 3.8) is 0 Å². The number of sulfonamides is 1. The van der Waals surface area contributed by atoms with Crippen LogP contribution in [0.5, 0.6) is 0 Å². The number of ketones is 1. The van der Waals surface area contributed by atoms with E-state index in [0.717, 1.165) is 15.4 Å². The summed E-state index contributed by atoms with van der Waals surface area (Å²) in [6.07, 6.45) is 0. The Balaban J connectivity index is 1.78. The standard InChI is InChI=1S/C19H20N2O4S2/c1-12-5-6-14(9-13(12)2)17(22)11-26-19-20-16-10-15(7-8-18(16)25-19)27(23,24)21(3)4/h5-10H,11H2,1-4H3. The molecule has 0 aliphatic rings. The summed E-state index contributed by atoms with van der Waals surface area (Å²) in [5.41, 5.74) is 3.79. The number of thioether (sulfide) groups is 1. The zero-order valence-electron chi connectivity index (χ0n) is 15.5. The van der Waals surface area contributed by atoms with E-state index in [1.807, 2.05) is 32.0 Å². The van der Waals surface area contributed by atoms with Crippen molar-refractivity contribution < 1.29 is 17.6 Å². The summed E-state index contributed by atoms with van der Waals surface area (Å²) in [6, 6.07) is 10.2. The molecule has 3 aromatic rings. The summed E-state index contributed by atoms with van der Waals surface area (Å²) in [5.74, 6) is 0.180. The Morgan fingerprint density at radius 3 is 2.52 bits per heavy atom. The van der Waals surface area contributed by atoms with Crippen LogP contribution >= 0.6 is 11.8 Å². The summed E-state index contributed by atoms with van der Waals surface area (Å²) < 4.78 is 31.2. The van der Waals surface area contributed by atoms with E-state index in [2.05, 4.69) is 4.98 Å². The van der Waals surface area contributed by atoms with Crippen LogP contribution < -0.4 is 0 Å². The number of hydrogen-bond donors (Lipinski definition) is 0. The molecule has 0 fully saturated rings. The molecule has 0 saturated carbocycles. The van der Waals surface area contributed by atoms with E-state index < -0.39 is 10.0 Å². The van der Waals surface area contributed by atoms with Gasteiger partial charge in [0.2, 0.25) is 10.0 Å². The molecule has 8 heteroatoms. The Morgan fingerprint density at radius 2 is 1.85 bits per heavy atom. The lowest BCUT2D eigenvalue weighted by molar-refractivity contribution is 0.102. The lowest BCUT2D eigenvalue weighted by atomic mass is 10.0. The van der Waals surface area contributed by atoms with Gasteiger partial charge in [-0.05, 0) is 49.2 Å². The van der Waals surface area contributed by atoms with Crippen molar-refractivity contribution in [2.75, 3.05) is 19.8 Å². The topological polar surface area (TPSA) is 80.5 Å². The first-order chi connectivity index (χ1) is 12.7. The van der Waals surface area contributed by atoms with Gasteiger partial charge in [0, 0.05) is 19.7 Å². The molecule has 0 saturated heterocycles. The van der Waals surface area contributed by atoms with Gasteiger partial charge in [0.15, 0.2) is 11.4 Å². The van der Waals surface area contributed by atoms with E-state index in [1.165, 1.54) is 38.0 Å². The first-order valence-electron chi connectivity index (χ1n) is 8.25. The molecule has 0 aliphatic carbocycles. The fourth-order valence-electron chi connectivity index (χ4n) is 2.44. The normalized spacial score (nSPS) is 12.0. The molecule has 1 aromatic heterocycles. The van der Waals surface area contributed by atoms with E-state index in [4.69, 9.17) is 4.42 Å². The number of oxazole rings is 1. The molecule has 3 rings (SSSR count). The maximum absolute atomic E-state index is 12.4. The Hall–Kier alpha value is -2.16. The lowest BCUT2D eigenvalue weighted by Gasteiger charge is -2.10. The van der Waals surface area contributed by atoms with E-state index in [0.29, 0.717) is 21.9 Å². The van der Waals surface area contributed by atoms with Crippen molar-refractivity contribution >= 4 is 38.7 Å². The van der Waals surface area contributed by atoms with Crippen LogP contribution in [-0.4, -0.2) is 43.3 Å². The van der Waals surface area contributed by atoms with Crippen molar-refractivity contribution in [2.45, 2.75) is 24.0 Å². The second-order valence-electron chi connectivity index (χ2n) is 6.41. The fourth-order valence-corrected chi connectivity index (χ4v) is 4.10. The lowest BCUT2D eigenvalue weighted by Crippen LogP contribution is -2.22. The highest BCUT2D eigenvalue weighted by molar-refractivity contribution is 7.99. The molecule has 1 heterocycles. The number of carbonyl (C=O) groups excluding carboxylic acids is 1. The molecule has 27 heavy (non-hydrogen) atoms. The molecule has 0 bridgehead atoms. The molecule has 0 atom stereocenters. The van der Waals surface area contributed by atoms with Gasteiger partial charge in [-0.2, -0.15) is 0 Å². The molecular weight excluding hydrogens is 384 g/mol. The van der Waals surface area contributed by atoms with Crippen LogP contribution in [0.15, 0.2) is 50.9 Å². The molecule has 0 radical (unpaired) electrons. The summed E-state index contributed by atoms with van der Waals surface area (Å²) in [4.78, 5) is 16.8. The fraction of sp³-hybridized carbons (Fsp3) is 0.263. The third-order valence-electron chi connectivity index (χ3n) is 4.27. The average molecular weight is 405 g/mol. The van der Waals surface area contributed by atoms with Gasteiger partial charge in [-0.1, -0.05) is 23.9 Å². The van der Waals surface area contributed by atoms with Crippen molar-refractivity contribution in [3.8, 4) is 0 Å². The first-order valence-corrected chi connectivity index (χ1v) is 10.7. The number of nitrogens with zero attached hydrogens (tertiary/aromatic N) is 2. The number of benzene rings is 2. The minimum absolute atomic E-state index is 0.0127. The average Bonchev–Trinajstić information content (AvgIpc) is 3.03. The Morgan fingerprint density at radius 1 is 1.11 bits per heavy atom. The van der Waals surface area contributed by atoms with Gasteiger partial charge in [0.25, 0.3) is 5.22 Å². The quantitative estimate of drug-likeness (QED) is 0.461. The molecular formula is C19H20N2O4S2. The highest BCUT2D eigenvalue weighted by atomic mass is 32.2. The molecule has 0 aliphatic heterocycles. The summed E-state index contributed by atoms with van der Waals surface area (Å²) >= 11 is 1.19. The predicted molar refractivity (Wildman–Crippen MR) is 106 cm³/mol.